The highest BCUT2D eigenvalue weighted by Crippen LogP contribution is 2.13. The lowest BCUT2D eigenvalue weighted by Crippen LogP contribution is -2.52. The number of amides is 2. The monoisotopic (exact) mass is 273 g/mol. The number of hydrogen-bond donors (Lipinski definition) is 2. The van der Waals surface area contributed by atoms with Gasteiger partial charge in [-0.15, -0.1) is 0 Å². The summed E-state index contributed by atoms with van der Waals surface area (Å²) in [5, 5.41) is 11.4. The molecule has 0 aromatic carbocycles. The molecule has 0 saturated carbocycles. The van der Waals surface area contributed by atoms with Gasteiger partial charge in [0.2, 0.25) is 0 Å². The third kappa shape index (κ3) is 4.68. The van der Waals surface area contributed by atoms with Crippen LogP contribution < -0.4 is 5.32 Å². The van der Waals surface area contributed by atoms with Gasteiger partial charge in [-0.1, -0.05) is 0 Å². The van der Waals surface area contributed by atoms with E-state index in [0.29, 0.717) is 19.1 Å². The molecule has 1 heterocycles. The Morgan fingerprint density at radius 3 is 2.74 bits per heavy atom. The summed E-state index contributed by atoms with van der Waals surface area (Å²) >= 11 is 0. The lowest BCUT2D eigenvalue weighted by molar-refractivity contribution is -0.148. The summed E-state index contributed by atoms with van der Waals surface area (Å²) in [6.07, 6.45) is 1.04. The number of carbonyl (C=O) groups is 2. The predicted molar refractivity (Wildman–Crippen MR) is 70.1 cm³/mol. The van der Waals surface area contributed by atoms with Crippen molar-refractivity contribution in [1.29, 1.82) is 0 Å². The van der Waals surface area contributed by atoms with Crippen molar-refractivity contribution in [3.8, 4) is 0 Å². The van der Waals surface area contributed by atoms with Crippen LogP contribution in [0.1, 0.15) is 12.8 Å². The maximum atomic E-state index is 12.0. The van der Waals surface area contributed by atoms with E-state index in [4.69, 9.17) is 9.84 Å². The van der Waals surface area contributed by atoms with E-state index in [-0.39, 0.29) is 12.6 Å². The number of likely N-dealkylation sites (N-methyl/N-ethyl adjacent to an activating group) is 1. The van der Waals surface area contributed by atoms with Crippen LogP contribution >= 0.6 is 0 Å². The standard InChI is InChI=1S/C12H23N3O4/c1-14(2)9-5-4-6-15(8-9)12(18)13-7-10(19-3)11(16)17/h9-10H,4-8H2,1-3H3,(H,13,18)(H,16,17). The molecule has 0 aromatic heterocycles. The molecule has 0 spiro atoms. The molecule has 2 atom stereocenters. The first-order valence-electron chi connectivity index (χ1n) is 6.40. The second-order valence-corrected chi connectivity index (χ2v) is 4.95. The molecule has 0 radical (unpaired) electrons. The first-order valence-corrected chi connectivity index (χ1v) is 6.40. The molecule has 1 aliphatic rings. The Kier molecular flexibility index (Phi) is 6.04. The second kappa shape index (κ2) is 7.30. The number of likely N-dealkylation sites (tertiary alicyclic amines) is 1. The Morgan fingerprint density at radius 2 is 2.21 bits per heavy atom. The largest absolute Gasteiger partial charge is 0.479 e. The minimum absolute atomic E-state index is 0.0200. The van der Waals surface area contributed by atoms with E-state index in [1.165, 1.54) is 7.11 Å². The van der Waals surface area contributed by atoms with Crippen LogP contribution in [0.15, 0.2) is 0 Å². The van der Waals surface area contributed by atoms with E-state index in [2.05, 4.69) is 10.2 Å². The molecule has 1 fully saturated rings. The van der Waals surface area contributed by atoms with Gasteiger partial charge >= 0.3 is 12.0 Å². The summed E-state index contributed by atoms with van der Waals surface area (Å²) in [5.41, 5.74) is 0. The molecule has 1 rings (SSSR count). The number of rotatable bonds is 5. The van der Waals surface area contributed by atoms with Gasteiger partial charge in [-0.2, -0.15) is 0 Å². The van der Waals surface area contributed by atoms with Crippen LogP contribution in [0.4, 0.5) is 4.79 Å². The molecule has 0 aliphatic carbocycles. The predicted octanol–water partition coefficient (Wildman–Crippen LogP) is -0.178. The molecule has 7 heteroatoms. The van der Waals surface area contributed by atoms with Crippen LogP contribution in [0.2, 0.25) is 0 Å². The minimum Gasteiger partial charge on any atom is -0.479 e. The molecular formula is C12H23N3O4. The normalized spacial score (nSPS) is 21.3. The summed E-state index contributed by atoms with van der Waals surface area (Å²) in [4.78, 5) is 26.6. The summed E-state index contributed by atoms with van der Waals surface area (Å²) in [6.45, 7) is 1.36. The lowest BCUT2D eigenvalue weighted by atomic mass is 10.1. The van der Waals surface area contributed by atoms with E-state index in [0.717, 1.165) is 12.8 Å². The number of hydrogen-bond acceptors (Lipinski definition) is 4. The van der Waals surface area contributed by atoms with Crippen LogP contribution in [0, 0.1) is 0 Å². The Hall–Kier alpha value is -1.34. The third-order valence-corrected chi connectivity index (χ3v) is 3.41. The Morgan fingerprint density at radius 1 is 1.53 bits per heavy atom. The number of carboxylic acid groups (broad SMARTS) is 1. The van der Waals surface area contributed by atoms with Gasteiger partial charge in [-0.05, 0) is 26.9 Å². The van der Waals surface area contributed by atoms with Crippen molar-refractivity contribution in [3.63, 3.8) is 0 Å². The molecule has 110 valence electrons. The van der Waals surface area contributed by atoms with Gasteiger partial charge in [-0.25, -0.2) is 9.59 Å². The average Bonchev–Trinajstić information content (AvgIpc) is 2.38. The van der Waals surface area contributed by atoms with Gasteiger partial charge in [0.25, 0.3) is 0 Å². The van der Waals surface area contributed by atoms with Crippen molar-refractivity contribution in [1.82, 2.24) is 15.1 Å². The van der Waals surface area contributed by atoms with Crippen LogP contribution in [0.25, 0.3) is 0 Å². The summed E-state index contributed by atoms with van der Waals surface area (Å²) in [6, 6.07) is 0.132. The van der Waals surface area contributed by atoms with Gasteiger partial charge in [-0.3, -0.25) is 0 Å². The topological polar surface area (TPSA) is 82.1 Å². The summed E-state index contributed by atoms with van der Waals surface area (Å²) < 4.78 is 4.77. The highest BCUT2D eigenvalue weighted by molar-refractivity contribution is 5.77. The first-order chi connectivity index (χ1) is 8.95. The van der Waals surface area contributed by atoms with E-state index >= 15 is 0 Å². The van der Waals surface area contributed by atoms with Crippen molar-refractivity contribution >= 4 is 12.0 Å². The number of ether oxygens (including phenoxy) is 1. The number of nitrogens with zero attached hydrogens (tertiary/aromatic N) is 2. The zero-order valence-corrected chi connectivity index (χ0v) is 11.8. The highest BCUT2D eigenvalue weighted by atomic mass is 16.5. The van der Waals surface area contributed by atoms with E-state index < -0.39 is 12.1 Å². The zero-order chi connectivity index (χ0) is 14.4. The van der Waals surface area contributed by atoms with Gasteiger partial charge in [0.15, 0.2) is 6.10 Å². The molecule has 0 bridgehead atoms. The van der Waals surface area contributed by atoms with Crippen molar-refractivity contribution < 1.29 is 19.4 Å². The Bertz CT molecular complexity index is 322. The van der Waals surface area contributed by atoms with Crippen LogP contribution in [-0.4, -0.2) is 79.9 Å². The quantitative estimate of drug-likeness (QED) is 0.726. The smallest absolute Gasteiger partial charge is 0.334 e. The Labute approximate surface area is 113 Å². The molecule has 0 aromatic rings. The fourth-order valence-corrected chi connectivity index (χ4v) is 2.12. The molecule has 2 unspecified atom stereocenters. The molecule has 1 saturated heterocycles. The maximum Gasteiger partial charge on any atom is 0.334 e. The average molecular weight is 273 g/mol. The van der Waals surface area contributed by atoms with Crippen LogP contribution in [0.5, 0.6) is 0 Å². The molecule has 1 aliphatic heterocycles. The first kappa shape index (κ1) is 15.7. The summed E-state index contributed by atoms with van der Waals surface area (Å²) in [7, 11) is 5.31. The van der Waals surface area contributed by atoms with Crippen molar-refractivity contribution in [2.75, 3.05) is 40.8 Å². The Balaban J connectivity index is 2.42. The van der Waals surface area contributed by atoms with Gasteiger partial charge in [0, 0.05) is 26.2 Å². The number of methoxy groups -OCH3 is 1. The van der Waals surface area contributed by atoms with Crippen molar-refractivity contribution in [2.24, 2.45) is 0 Å². The van der Waals surface area contributed by atoms with Crippen molar-refractivity contribution in [3.05, 3.63) is 0 Å². The minimum atomic E-state index is -1.08. The molecule has 2 N–H and O–H groups in total. The molecule has 19 heavy (non-hydrogen) atoms. The lowest BCUT2D eigenvalue weighted by Gasteiger charge is -2.36. The molecular weight excluding hydrogens is 250 g/mol. The van der Waals surface area contributed by atoms with Gasteiger partial charge < -0.3 is 25.0 Å². The highest BCUT2D eigenvalue weighted by Gasteiger charge is 2.25. The second-order valence-electron chi connectivity index (χ2n) is 4.95. The number of urea groups is 1. The maximum absolute atomic E-state index is 12.0. The third-order valence-electron chi connectivity index (χ3n) is 3.41. The SMILES string of the molecule is COC(CNC(=O)N1CCCC(N(C)C)C1)C(=O)O. The fraction of sp³-hybridized carbons (Fsp3) is 0.833. The van der Waals surface area contributed by atoms with Crippen LogP contribution in [0.3, 0.4) is 0 Å². The number of piperidine rings is 1. The van der Waals surface area contributed by atoms with Gasteiger partial charge in [0.1, 0.15) is 0 Å². The van der Waals surface area contributed by atoms with Crippen molar-refractivity contribution in [2.45, 2.75) is 25.0 Å². The number of carbonyl (C=O) groups excluding carboxylic acids is 1. The van der Waals surface area contributed by atoms with Gasteiger partial charge in [0.05, 0.1) is 6.54 Å². The fourth-order valence-electron chi connectivity index (χ4n) is 2.12. The molecule has 7 nitrogen and oxygen atoms in total. The van der Waals surface area contributed by atoms with E-state index in [1.807, 2.05) is 14.1 Å². The van der Waals surface area contributed by atoms with E-state index in [9.17, 15) is 9.59 Å². The van der Waals surface area contributed by atoms with E-state index in [1.54, 1.807) is 4.90 Å². The zero-order valence-electron chi connectivity index (χ0n) is 11.8. The number of nitrogens with one attached hydrogen (secondary N) is 1. The molecule has 2 amide bonds. The van der Waals surface area contributed by atoms with Crippen LogP contribution in [-0.2, 0) is 9.53 Å². The summed E-state index contributed by atoms with van der Waals surface area (Å²) in [5.74, 6) is -1.08. The number of aliphatic carboxylic acids is 1. The number of carboxylic acids is 1.